The molecule has 0 aliphatic rings. The second kappa shape index (κ2) is 3.29. The van der Waals surface area contributed by atoms with Gasteiger partial charge < -0.3 is 0 Å². The first-order valence-corrected chi connectivity index (χ1v) is 5.66. The molecule has 2 radical (unpaired) electrons. The highest BCUT2D eigenvalue weighted by Crippen LogP contribution is 2.09. The summed E-state index contributed by atoms with van der Waals surface area (Å²) in [4.78, 5) is 0. The molecule has 0 rings (SSSR count). The minimum Gasteiger partial charge on any atom is -0.285 e. The molecule has 2 N–H and O–H groups in total. The molecule has 0 aliphatic heterocycles. The van der Waals surface area contributed by atoms with Crippen LogP contribution >= 0.6 is 0 Å². The SMILES string of the molecule is [CH2]C(C([CH2])S(=O)(=O)O)S(=O)(=O)O. The summed E-state index contributed by atoms with van der Waals surface area (Å²) in [5.41, 5.74) is 0. The lowest BCUT2D eigenvalue weighted by molar-refractivity contribution is 0.455. The highest BCUT2D eigenvalue weighted by atomic mass is 32.2. The molecule has 0 heterocycles. The average Bonchev–Trinajstić information content (AvgIpc) is 1.80. The summed E-state index contributed by atoms with van der Waals surface area (Å²) in [6, 6.07) is 0. The van der Waals surface area contributed by atoms with Crippen LogP contribution in [0.5, 0.6) is 0 Å². The highest BCUT2D eigenvalue weighted by Gasteiger charge is 2.32. The second-order valence-corrected chi connectivity index (χ2v) is 5.38. The molecule has 0 fully saturated rings. The Balaban J connectivity index is 4.89. The van der Waals surface area contributed by atoms with Crippen LogP contribution in [0.2, 0.25) is 0 Å². The van der Waals surface area contributed by atoms with Crippen molar-refractivity contribution in [3.63, 3.8) is 0 Å². The first kappa shape index (κ1) is 11.8. The van der Waals surface area contributed by atoms with Crippen LogP contribution in [0.15, 0.2) is 0 Å². The predicted octanol–water partition coefficient (Wildman–Crippen LogP) is -0.833. The molecule has 0 amide bonds. The van der Waals surface area contributed by atoms with Gasteiger partial charge in [0.15, 0.2) is 0 Å². The monoisotopic (exact) mass is 216 g/mol. The van der Waals surface area contributed by atoms with E-state index in [0.29, 0.717) is 0 Å². The van der Waals surface area contributed by atoms with Gasteiger partial charge in [0.05, 0.1) is 0 Å². The van der Waals surface area contributed by atoms with Crippen molar-refractivity contribution < 1.29 is 25.9 Å². The summed E-state index contributed by atoms with van der Waals surface area (Å²) >= 11 is 0. The van der Waals surface area contributed by atoms with E-state index in [4.69, 9.17) is 9.11 Å². The number of rotatable bonds is 3. The zero-order valence-corrected chi connectivity index (χ0v) is 7.55. The first-order valence-electron chi connectivity index (χ1n) is 2.65. The normalized spacial score (nSPS) is 18.7. The molecule has 0 aliphatic carbocycles. The van der Waals surface area contributed by atoms with E-state index in [2.05, 4.69) is 13.8 Å². The molecule has 2 unspecified atom stereocenters. The Kier molecular flexibility index (Phi) is 3.24. The molecule has 0 saturated heterocycles. The Bertz CT molecular complexity index is 302. The fourth-order valence-corrected chi connectivity index (χ4v) is 1.99. The predicted molar refractivity (Wildman–Crippen MR) is 41.4 cm³/mol. The van der Waals surface area contributed by atoms with Gasteiger partial charge in [-0.15, -0.1) is 0 Å². The van der Waals surface area contributed by atoms with E-state index in [0.717, 1.165) is 0 Å². The van der Waals surface area contributed by atoms with E-state index in [-0.39, 0.29) is 0 Å². The Hall–Kier alpha value is -0.180. The Morgan fingerprint density at radius 2 is 1.00 bits per heavy atom. The minimum absolute atomic E-state index is 1.90. The standard InChI is InChI=1S/C4H8O6S2/c1-3(11(5,6)7)4(2)12(8,9)10/h3-4H,1-2H2,(H,5,6,7)(H,8,9,10). The smallest absolute Gasteiger partial charge is 0.269 e. The summed E-state index contributed by atoms with van der Waals surface area (Å²) in [5, 5.41) is -3.79. The van der Waals surface area contributed by atoms with Crippen LogP contribution in [0.1, 0.15) is 0 Å². The molecule has 12 heavy (non-hydrogen) atoms. The zero-order chi connectivity index (χ0) is 10.2. The van der Waals surface area contributed by atoms with Gasteiger partial charge in [-0.1, -0.05) is 0 Å². The van der Waals surface area contributed by atoms with Gasteiger partial charge in [0.2, 0.25) is 0 Å². The van der Waals surface area contributed by atoms with E-state index in [9.17, 15) is 16.8 Å². The topological polar surface area (TPSA) is 109 Å². The quantitative estimate of drug-likeness (QED) is 0.596. The summed E-state index contributed by atoms with van der Waals surface area (Å²) in [6.45, 7) is 5.67. The summed E-state index contributed by atoms with van der Waals surface area (Å²) in [6.07, 6.45) is 0. The average molecular weight is 216 g/mol. The lowest BCUT2D eigenvalue weighted by Gasteiger charge is -2.12. The van der Waals surface area contributed by atoms with Gasteiger partial charge in [0.25, 0.3) is 20.2 Å². The molecule has 0 aromatic heterocycles. The summed E-state index contributed by atoms with van der Waals surface area (Å²) < 4.78 is 57.8. The van der Waals surface area contributed by atoms with Gasteiger partial charge in [-0.25, -0.2) is 0 Å². The number of hydrogen-bond donors (Lipinski definition) is 2. The minimum atomic E-state index is -4.60. The van der Waals surface area contributed by atoms with Crippen molar-refractivity contribution in [3.8, 4) is 0 Å². The number of hydrogen-bond acceptors (Lipinski definition) is 4. The molecule has 0 bridgehead atoms. The highest BCUT2D eigenvalue weighted by molar-refractivity contribution is 7.90. The summed E-state index contributed by atoms with van der Waals surface area (Å²) in [5.74, 6) is 0. The molecule has 0 aromatic carbocycles. The van der Waals surface area contributed by atoms with Crippen LogP contribution in [0.4, 0.5) is 0 Å². The van der Waals surface area contributed by atoms with Gasteiger partial charge >= 0.3 is 0 Å². The second-order valence-electron chi connectivity index (χ2n) is 2.11. The Morgan fingerprint density at radius 3 is 1.08 bits per heavy atom. The van der Waals surface area contributed by atoms with Crippen LogP contribution in [0, 0.1) is 13.8 Å². The van der Waals surface area contributed by atoms with Gasteiger partial charge in [-0.2, -0.15) is 16.8 Å². The molecule has 72 valence electrons. The molecule has 8 heteroatoms. The third kappa shape index (κ3) is 3.05. The van der Waals surface area contributed by atoms with Crippen LogP contribution in [-0.2, 0) is 20.2 Å². The van der Waals surface area contributed by atoms with Crippen LogP contribution in [0.3, 0.4) is 0 Å². The van der Waals surface area contributed by atoms with Crippen LogP contribution in [0.25, 0.3) is 0 Å². The molecule has 2 atom stereocenters. The van der Waals surface area contributed by atoms with Crippen molar-refractivity contribution in [2.45, 2.75) is 10.5 Å². The fourth-order valence-electron chi connectivity index (χ4n) is 0.384. The first-order chi connectivity index (χ1) is 5.07. The third-order valence-corrected chi connectivity index (χ3v) is 3.54. The van der Waals surface area contributed by atoms with E-state index in [1.165, 1.54) is 0 Å². The maximum Gasteiger partial charge on any atom is 0.269 e. The third-order valence-electron chi connectivity index (χ3n) is 1.18. The molecule has 0 spiro atoms. The van der Waals surface area contributed by atoms with Crippen molar-refractivity contribution in [2.75, 3.05) is 0 Å². The van der Waals surface area contributed by atoms with Gasteiger partial charge in [0, 0.05) is 0 Å². The van der Waals surface area contributed by atoms with Crippen LogP contribution in [-0.4, -0.2) is 36.4 Å². The maximum atomic E-state index is 10.3. The molecule has 0 aromatic rings. The Morgan fingerprint density at radius 1 is 0.833 bits per heavy atom. The summed E-state index contributed by atoms with van der Waals surface area (Å²) in [7, 11) is -9.20. The molecule has 0 saturated carbocycles. The maximum absolute atomic E-state index is 10.3. The van der Waals surface area contributed by atoms with Crippen molar-refractivity contribution >= 4 is 20.2 Å². The molecule has 6 nitrogen and oxygen atoms in total. The fraction of sp³-hybridized carbons (Fsp3) is 0.500. The van der Waals surface area contributed by atoms with Crippen molar-refractivity contribution in [2.24, 2.45) is 0 Å². The molecular formula is C4H8O6S2. The van der Waals surface area contributed by atoms with E-state index >= 15 is 0 Å². The van der Waals surface area contributed by atoms with Crippen molar-refractivity contribution in [3.05, 3.63) is 13.8 Å². The lowest BCUT2D eigenvalue weighted by atomic mass is 10.4. The lowest BCUT2D eigenvalue weighted by Crippen LogP contribution is -2.35. The van der Waals surface area contributed by atoms with Gasteiger partial charge in [-0.3, -0.25) is 9.11 Å². The largest absolute Gasteiger partial charge is 0.285 e. The van der Waals surface area contributed by atoms with Crippen molar-refractivity contribution in [1.29, 1.82) is 0 Å². The van der Waals surface area contributed by atoms with E-state index in [1.807, 2.05) is 0 Å². The van der Waals surface area contributed by atoms with Gasteiger partial charge in [-0.05, 0) is 13.8 Å². The van der Waals surface area contributed by atoms with Crippen molar-refractivity contribution in [1.82, 2.24) is 0 Å². The van der Waals surface area contributed by atoms with Crippen LogP contribution < -0.4 is 0 Å². The van der Waals surface area contributed by atoms with E-state index in [1.54, 1.807) is 0 Å². The molecular weight excluding hydrogens is 208 g/mol. The Labute approximate surface area is 71.1 Å². The van der Waals surface area contributed by atoms with E-state index < -0.39 is 30.7 Å². The van der Waals surface area contributed by atoms with Gasteiger partial charge in [0.1, 0.15) is 10.5 Å². The zero-order valence-electron chi connectivity index (χ0n) is 5.91.